The monoisotopic (exact) mass is 343 g/mol. The van der Waals surface area contributed by atoms with Crippen molar-refractivity contribution in [3.63, 3.8) is 0 Å². The van der Waals surface area contributed by atoms with E-state index in [1.54, 1.807) is 18.6 Å². The van der Waals surface area contributed by atoms with Crippen molar-refractivity contribution in [1.29, 1.82) is 0 Å². The summed E-state index contributed by atoms with van der Waals surface area (Å²) >= 11 is 0. The number of aliphatic imine (C=N–C) groups is 2. The van der Waals surface area contributed by atoms with Gasteiger partial charge in [-0.15, -0.1) is 0 Å². The molecule has 0 bridgehead atoms. The van der Waals surface area contributed by atoms with Gasteiger partial charge in [-0.2, -0.15) is 0 Å². The third-order valence-electron chi connectivity index (χ3n) is 3.23. The van der Waals surface area contributed by atoms with Crippen LogP contribution in [0.1, 0.15) is 39.2 Å². The molecule has 1 N–H and O–H groups in total. The fourth-order valence-electron chi connectivity index (χ4n) is 2.09. The number of carbonyl (C=O) groups excluding carboxylic acids is 1. The zero-order valence-corrected chi connectivity index (χ0v) is 15.0. The highest BCUT2D eigenvalue weighted by Crippen LogP contribution is 2.26. The van der Waals surface area contributed by atoms with Crippen LogP contribution in [-0.4, -0.2) is 37.3 Å². The lowest BCUT2D eigenvalue weighted by Crippen LogP contribution is -2.41. The lowest BCUT2D eigenvalue weighted by Gasteiger charge is -2.19. The van der Waals surface area contributed by atoms with Crippen LogP contribution in [0.15, 0.2) is 34.4 Å². The second-order valence-electron chi connectivity index (χ2n) is 6.68. The lowest BCUT2D eigenvalue weighted by atomic mass is 10.1. The third-order valence-corrected chi connectivity index (χ3v) is 3.23. The molecular weight excluding hydrogens is 318 g/mol. The molecule has 0 radical (unpaired) electrons. The predicted molar refractivity (Wildman–Crippen MR) is 101 cm³/mol. The van der Waals surface area contributed by atoms with Gasteiger partial charge >= 0.3 is 6.09 Å². The van der Waals surface area contributed by atoms with Gasteiger partial charge in [0.25, 0.3) is 0 Å². The normalized spacial score (nSPS) is 12.9. The maximum absolute atomic E-state index is 11.5. The fraction of sp³-hybridized carbons (Fsp3) is 0.421. The number of nitrogens with one attached hydrogen (secondary N) is 1. The second-order valence-corrected chi connectivity index (χ2v) is 6.68. The number of amides is 1. The minimum Gasteiger partial charge on any atom is -0.494 e. The first-order chi connectivity index (χ1) is 11.9. The number of rotatable bonds is 6. The minimum absolute atomic E-state index is 0.284. The number of nitrogens with zero attached hydrogens (tertiary/aromatic N) is 2. The van der Waals surface area contributed by atoms with Gasteiger partial charge in [0.2, 0.25) is 0 Å². The lowest BCUT2D eigenvalue weighted by molar-refractivity contribution is 0.133. The molecule has 6 heteroatoms. The van der Waals surface area contributed by atoms with Crippen molar-refractivity contribution in [3.8, 4) is 5.75 Å². The summed E-state index contributed by atoms with van der Waals surface area (Å²) in [4.78, 5) is 19.9. The minimum atomic E-state index is -0.385. The summed E-state index contributed by atoms with van der Waals surface area (Å²) in [5, 5.41) is 2.75. The van der Waals surface area contributed by atoms with E-state index in [2.05, 4.69) is 15.3 Å². The average Bonchev–Trinajstić information content (AvgIpc) is 2.50. The maximum Gasteiger partial charge on any atom is 0.407 e. The molecule has 1 aromatic rings. The van der Waals surface area contributed by atoms with Crippen molar-refractivity contribution >= 4 is 30.3 Å². The zero-order chi connectivity index (χ0) is 18.1. The zero-order valence-electron chi connectivity index (χ0n) is 15.0. The molecule has 1 aromatic carbocycles. The number of fused-ring (bicyclic) bond motifs is 1. The SMILES string of the molecule is CC(C)(C)NC(=O)OCCCCOc1ccc2c(c1)N=CC=NC=C2. The summed E-state index contributed by atoms with van der Waals surface area (Å²) in [6, 6.07) is 5.78. The Hall–Kier alpha value is -2.63. The summed E-state index contributed by atoms with van der Waals surface area (Å²) in [5.41, 5.74) is 1.56. The highest BCUT2D eigenvalue weighted by molar-refractivity contribution is 6.17. The van der Waals surface area contributed by atoms with Crippen LogP contribution < -0.4 is 10.1 Å². The Morgan fingerprint density at radius 1 is 1.16 bits per heavy atom. The van der Waals surface area contributed by atoms with Crippen LogP contribution in [-0.2, 0) is 4.74 Å². The van der Waals surface area contributed by atoms with Crippen LogP contribution in [0.5, 0.6) is 5.75 Å². The number of alkyl carbamates (subject to hydrolysis) is 1. The Balaban J connectivity index is 1.69. The van der Waals surface area contributed by atoms with E-state index in [1.165, 1.54) is 0 Å². The van der Waals surface area contributed by atoms with Crippen molar-refractivity contribution in [3.05, 3.63) is 30.0 Å². The summed E-state index contributed by atoms with van der Waals surface area (Å²) < 4.78 is 10.9. The molecule has 0 aromatic heterocycles. The molecule has 0 unspecified atom stereocenters. The quantitative estimate of drug-likeness (QED) is 0.789. The molecule has 0 aliphatic carbocycles. The highest BCUT2D eigenvalue weighted by atomic mass is 16.5. The van der Waals surface area contributed by atoms with E-state index in [0.717, 1.165) is 29.8 Å². The Bertz CT molecular complexity index is 673. The van der Waals surface area contributed by atoms with E-state index >= 15 is 0 Å². The molecule has 1 aliphatic rings. The number of carbonyl (C=O) groups is 1. The molecule has 2 rings (SSSR count). The Labute approximate surface area is 148 Å². The molecule has 0 atom stereocenters. The van der Waals surface area contributed by atoms with Crippen LogP contribution in [0.3, 0.4) is 0 Å². The van der Waals surface area contributed by atoms with Gasteiger partial charge < -0.3 is 14.8 Å². The van der Waals surface area contributed by atoms with E-state index in [0.29, 0.717) is 13.2 Å². The number of hydrogen-bond acceptors (Lipinski definition) is 5. The van der Waals surface area contributed by atoms with Crippen LogP contribution in [0.4, 0.5) is 10.5 Å². The molecule has 0 spiro atoms. The summed E-state index contributed by atoms with van der Waals surface area (Å²) in [6.45, 7) is 6.68. The molecule has 134 valence electrons. The molecule has 1 aliphatic heterocycles. The molecule has 25 heavy (non-hydrogen) atoms. The summed E-state index contributed by atoms with van der Waals surface area (Å²) in [6.07, 6.45) is 8.11. The molecule has 1 heterocycles. The Morgan fingerprint density at radius 2 is 1.96 bits per heavy atom. The molecule has 0 saturated heterocycles. The smallest absolute Gasteiger partial charge is 0.407 e. The second kappa shape index (κ2) is 9.01. The van der Waals surface area contributed by atoms with Crippen molar-refractivity contribution < 1.29 is 14.3 Å². The number of unbranched alkanes of at least 4 members (excludes halogenated alkanes) is 1. The van der Waals surface area contributed by atoms with Gasteiger partial charge in [0.15, 0.2) is 0 Å². The Kier molecular flexibility index (Phi) is 6.74. The fourth-order valence-corrected chi connectivity index (χ4v) is 2.09. The Morgan fingerprint density at radius 3 is 2.76 bits per heavy atom. The van der Waals surface area contributed by atoms with Gasteiger partial charge in [-0.3, -0.25) is 9.98 Å². The highest BCUT2D eigenvalue weighted by Gasteiger charge is 2.14. The number of ether oxygens (including phenoxy) is 2. The molecule has 1 amide bonds. The van der Waals surface area contributed by atoms with Gasteiger partial charge in [-0.1, -0.05) is 0 Å². The molecular formula is C19H25N3O3. The number of benzene rings is 1. The van der Waals surface area contributed by atoms with E-state index in [4.69, 9.17) is 9.47 Å². The van der Waals surface area contributed by atoms with Crippen LogP contribution in [0.25, 0.3) is 6.08 Å². The standard InChI is InChI=1S/C19H25N3O3/c1-19(2,3)22-18(23)25-13-5-4-12-24-16-7-6-15-8-9-20-10-11-21-17(15)14-16/h6-11,14H,4-5,12-13H2,1-3H3,(H,22,23). The average molecular weight is 343 g/mol. The largest absolute Gasteiger partial charge is 0.494 e. The maximum atomic E-state index is 11.5. The first-order valence-electron chi connectivity index (χ1n) is 8.38. The van der Waals surface area contributed by atoms with Gasteiger partial charge in [0.1, 0.15) is 5.75 Å². The van der Waals surface area contributed by atoms with Crippen LogP contribution in [0, 0.1) is 0 Å². The first-order valence-corrected chi connectivity index (χ1v) is 8.38. The van der Waals surface area contributed by atoms with Crippen molar-refractivity contribution in [2.45, 2.75) is 39.2 Å². The van der Waals surface area contributed by atoms with Crippen molar-refractivity contribution in [2.75, 3.05) is 13.2 Å². The predicted octanol–water partition coefficient (Wildman–Crippen LogP) is 4.13. The van der Waals surface area contributed by atoms with E-state index in [1.807, 2.05) is 45.0 Å². The van der Waals surface area contributed by atoms with Gasteiger partial charge in [0, 0.05) is 35.8 Å². The number of hydrogen-bond donors (Lipinski definition) is 1. The molecule has 0 fully saturated rings. The first kappa shape index (κ1) is 18.7. The summed E-state index contributed by atoms with van der Waals surface area (Å²) in [7, 11) is 0. The summed E-state index contributed by atoms with van der Waals surface area (Å²) in [5.74, 6) is 0.771. The third kappa shape index (κ3) is 7.20. The van der Waals surface area contributed by atoms with E-state index in [9.17, 15) is 4.79 Å². The molecule has 6 nitrogen and oxygen atoms in total. The van der Waals surface area contributed by atoms with Gasteiger partial charge in [-0.25, -0.2) is 4.79 Å². The van der Waals surface area contributed by atoms with Crippen LogP contribution >= 0.6 is 0 Å². The van der Waals surface area contributed by atoms with E-state index in [-0.39, 0.29) is 11.6 Å². The topological polar surface area (TPSA) is 72.3 Å². The van der Waals surface area contributed by atoms with Gasteiger partial charge in [-0.05, 0) is 51.8 Å². The molecule has 0 saturated carbocycles. The van der Waals surface area contributed by atoms with Crippen LogP contribution in [0.2, 0.25) is 0 Å². The van der Waals surface area contributed by atoms with Crippen molar-refractivity contribution in [2.24, 2.45) is 9.98 Å². The van der Waals surface area contributed by atoms with E-state index < -0.39 is 0 Å². The van der Waals surface area contributed by atoms with Gasteiger partial charge in [0.05, 0.1) is 18.9 Å². The van der Waals surface area contributed by atoms with Crippen molar-refractivity contribution in [1.82, 2.24) is 5.32 Å².